The summed E-state index contributed by atoms with van der Waals surface area (Å²) < 4.78 is 40.1. The van der Waals surface area contributed by atoms with Crippen molar-refractivity contribution in [2.24, 2.45) is 0 Å². The third kappa shape index (κ3) is 4.21. The van der Waals surface area contributed by atoms with Crippen LogP contribution in [0.1, 0.15) is 38.6 Å². The number of thioether (sulfide) groups is 1. The van der Waals surface area contributed by atoms with Crippen LogP contribution in [0.5, 0.6) is 0 Å². The Labute approximate surface area is 202 Å². The van der Waals surface area contributed by atoms with Gasteiger partial charge in [-0.3, -0.25) is 9.36 Å². The number of esters is 2. The number of ether oxygens (including phenoxy) is 2. The van der Waals surface area contributed by atoms with Crippen LogP contribution in [0.4, 0.5) is 14.5 Å². The van der Waals surface area contributed by atoms with E-state index in [0.29, 0.717) is 0 Å². The summed E-state index contributed by atoms with van der Waals surface area (Å²) in [6, 6.07) is 11.4. The molecule has 1 aliphatic rings. The highest BCUT2D eigenvalue weighted by molar-refractivity contribution is 8.10. The number of carbonyl (C=O) groups is 3. The molecule has 0 radical (unpaired) electrons. The minimum Gasteiger partial charge on any atom is -0.464 e. The molecule has 4 rings (SSSR count). The van der Waals surface area contributed by atoms with Crippen LogP contribution in [0, 0.1) is 11.6 Å². The van der Waals surface area contributed by atoms with Gasteiger partial charge in [0.25, 0.3) is 0 Å². The number of nitrogens with zero attached hydrogens (tertiary/aromatic N) is 1. The van der Waals surface area contributed by atoms with Crippen molar-refractivity contribution in [2.45, 2.75) is 12.2 Å². The molecule has 2 heterocycles. The van der Waals surface area contributed by atoms with Gasteiger partial charge in [-0.2, -0.15) is 0 Å². The van der Waals surface area contributed by atoms with E-state index in [4.69, 9.17) is 15.2 Å². The quantitative estimate of drug-likeness (QED) is 0.540. The van der Waals surface area contributed by atoms with Crippen molar-refractivity contribution in [3.8, 4) is 0 Å². The number of fused-ring (bicyclic) bond motifs is 1. The number of hydrogen-bond acceptors (Lipinski definition) is 7. The first-order chi connectivity index (χ1) is 16.8. The van der Waals surface area contributed by atoms with Gasteiger partial charge < -0.3 is 15.2 Å². The van der Waals surface area contributed by atoms with Crippen molar-refractivity contribution in [1.29, 1.82) is 0 Å². The number of benzene rings is 2. The molecule has 0 spiro atoms. The van der Waals surface area contributed by atoms with E-state index >= 15 is 0 Å². The number of rotatable bonds is 5. The van der Waals surface area contributed by atoms with Gasteiger partial charge in [0.2, 0.25) is 5.91 Å². The SMILES string of the molecule is CCOC(=O)C1=c2/c(=C/c3ccccc3F)c(N)c(C(=O)OC)n2C(=O)[C@H](c2ccccc2F)S1. The number of nitrogens with two attached hydrogens (primary N) is 1. The zero-order chi connectivity index (χ0) is 25.3. The predicted octanol–water partition coefficient (Wildman–Crippen LogP) is 2.76. The topological polar surface area (TPSA) is 101 Å². The molecule has 0 saturated heterocycles. The van der Waals surface area contributed by atoms with Gasteiger partial charge in [0.15, 0.2) is 5.69 Å². The molecule has 180 valence electrons. The molecule has 7 nitrogen and oxygen atoms in total. The molecule has 0 unspecified atom stereocenters. The molecule has 1 atom stereocenters. The molecule has 0 saturated carbocycles. The Morgan fingerprint density at radius 3 is 2.37 bits per heavy atom. The molecule has 0 bridgehead atoms. The van der Waals surface area contributed by atoms with Crippen LogP contribution in [-0.2, 0) is 14.3 Å². The second-order valence-electron chi connectivity index (χ2n) is 7.42. The molecule has 1 aromatic heterocycles. The number of methoxy groups -OCH3 is 1. The fourth-order valence-electron chi connectivity index (χ4n) is 3.81. The van der Waals surface area contributed by atoms with Crippen molar-refractivity contribution in [3.63, 3.8) is 0 Å². The highest BCUT2D eigenvalue weighted by Gasteiger charge is 2.39. The number of hydrogen-bond donors (Lipinski definition) is 1. The Morgan fingerprint density at radius 2 is 1.74 bits per heavy atom. The van der Waals surface area contributed by atoms with Crippen LogP contribution in [0.15, 0.2) is 48.5 Å². The van der Waals surface area contributed by atoms with Gasteiger partial charge in [0.1, 0.15) is 21.8 Å². The lowest BCUT2D eigenvalue weighted by atomic mass is 10.1. The van der Waals surface area contributed by atoms with Gasteiger partial charge in [0.05, 0.1) is 24.8 Å². The summed E-state index contributed by atoms with van der Waals surface area (Å²) in [5, 5.41) is -1.21. The molecule has 0 amide bonds. The lowest BCUT2D eigenvalue weighted by molar-refractivity contribution is -0.135. The summed E-state index contributed by atoms with van der Waals surface area (Å²) in [7, 11) is 1.11. The zero-order valence-corrected chi connectivity index (χ0v) is 19.5. The summed E-state index contributed by atoms with van der Waals surface area (Å²) >= 11 is 0.778. The second kappa shape index (κ2) is 9.75. The van der Waals surface area contributed by atoms with Crippen LogP contribution in [0.25, 0.3) is 11.0 Å². The molecule has 2 N–H and O–H groups in total. The molecular formula is C25H20F2N2O5S. The van der Waals surface area contributed by atoms with E-state index in [1.165, 1.54) is 42.5 Å². The number of halogens is 2. The Bertz CT molecular complexity index is 1480. The van der Waals surface area contributed by atoms with Crippen molar-refractivity contribution in [1.82, 2.24) is 4.57 Å². The minimum atomic E-state index is -1.22. The fourth-order valence-corrected chi connectivity index (χ4v) is 5.04. The van der Waals surface area contributed by atoms with Gasteiger partial charge in [-0.25, -0.2) is 18.4 Å². The van der Waals surface area contributed by atoms with Crippen LogP contribution in [0.3, 0.4) is 0 Å². The van der Waals surface area contributed by atoms with E-state index in [0.717, 1.165) is 23.4 Å². The summed E-state index contributed by atoms with van der Waals surface area (Å²) in [5.74, 6) is -3.72. The van der Waals surface area contributed by atoms with Gasteiger partial charge in [0, 0.05) is 16.3 Å². The molecule has 35 heavy (non-hydrogen) atoms. The number of nitrogen functional groups attached to an aromatic ring is 1. The fraction of sp³-hybridized carbons (Fsp3) is 0.160. The van der Waals surface area contributed by atoms with Crippen molar-refractivity contribution >= 4 is 46.3 Å². The van der Waals surface area contributed by atoms with Crippen molar-refractivity contribution < 1.29 is 32.6 Å². The van der Waals surface area contributed by atoms with E-state index in [-0.39, 0.29) is 44.6 Å². The minimum absolute atomic E-state index is 0.0117. The van der Waals surface area contributed by atoms with Crippen LogP contribution < -0.4 is 16.3 Å². The van der Waals surface area contributed by atoms with E-state index in [1.807, 2.05) is 0 Å². The van der Waals surface area contributed by atoms with E-state index in [1.54, 1.807) is 19.1 Å². The van der Waals surface area contributed by atoms with Crippen molar-refractivity contribution in [2.75, 3.05) is 19.5 Å². The predicted molar refractivity (Wildman–Crippen MR) is 127 cm³/mol. The van der Waals surface area contributed by atoms with Crippen LogP contribution in [0.2, 0.25) is 0 Å². The largest absolute Gasteiger partial charge is 0.464 e. The Balaban J connectivity index is 2.14. The Kier molecular flexibility index (Phi) is 6.74. The van der Waals surface area contributed by atoms with E-state index in [2.05, 4.69) is 0 Å². The first-order valence-corrected chi connectivity index (χ1v) is 11.4. The molecule has 0 fully saturated rings. The maximum absolute atomic E-state index is 14.7. The molecule has 3 aromatic rings. The van der Waals surface area contributed by atoms with Gasteiger partial charge in [-0.05, 0) is 25.1 Å². The van der Waals surface area contributed by atoms with E-state index < -0.39 is 34.7 Å². The zero-order valence-electron chi connectivity index (χ0n) is 18.7. The normalized spacial score (nSPS) is 15.7. The highest BCUT2D eigenvalue weighted by atomic mass is 32.2. The molecular weight excluding hydrogens is 478 g/mol. The summed E-state index contributed by atoms with van der Waals surface area (Å²) in [5.41, 5.74) is 5.88. The number of anilines is 1. The van der Waals surface area contributed by atoms with Crippen LogP contribution in [-0.4, -0.2) is 36.1 Å². The summed E-state index contributed by atoms with van der Waals surface area (Å²) in [4.78, 5) is 39.3. The number of aromatic nitrogens is 1. The monoisotopic (exact) mass is 498 g/mol. The molecule has 0 aliphatic carbocycles. The first-order valence-electron chi connectivity index (χ1n) is 10.5. The Hall–Kier alpha value is -3.92. The third-order valence-corrected chi connectivity index (χ3v) is 6.66. The number of carbonyl (C=O) groups excluding carboxylic acids is 3. The first kappa shape index (κ1) is 24.2. The molecule has 1 aliphatic heterocycles. The lowest BCUT2D eigenvalue weighted by Gasteiger charge is -2.23. The standard InChI is InChI=1S/C25H20F2N2O5S/c1-3-34-25(32)22-19-15(12-13-8-4-6-10-16(13)26)18(28)20(24(31)33-2)29(19)23(30)21(35-22)14-9-5-7-11-17(14)27/h4-12,21H,3,28H2,1-2H3/b15-12+/t21-/m0/s1. The van der Waals surface area contributed by atoms with E-state index in [9.17, 15) is 23.2 Å². The average molecular weight is 499 g/mol. The average Bonchev–Trinajstić information content (AvgIpc) is 3.13. The maximum Gasteiger partial charge on any atom is 0.357 e. The van der Waals surface area contributed by atoms with Crippen molar-refractivity contribution in [3.05, 3.63) is 87.6 Å². The smallest absolute Gasteiger partial charge is 0.357 e. The highest BCUT2D eigenvalue weighted by Crippen LogP contribution is 2.40. The maximum atomic E-state index is 14.7. The Morgan fingerprint density at radius 1 is 1.09 bits per heavy atom. The van der Waals surface area contributed by atoms with Gasteiger partial charge >= 0.3 is 11.9 Å². The van der Waals surface area contributed by atoms with Gasteiger partial charge in [-0.1, -0.05) is 48.2 Å². The summed E-state index contributed by atoms with van der Waals surface area (Å²) in [6.07, 6.45) is 1.33. The van der Waals surface area contributed by atoms with Crippen LogP contribution >= 0.6 is 11.8 Å². The lowest BCUT2D eigenvalue weighted by Crippen LogP contribution is -2.43. The molecule has 2 aromatic carbocycles. The van der Waals surface area contributed by atoms with Gasteiger partial charge in [-0.15, -0.1) is 0 Å². The summed E-state index contributed by atoms with van der Waals surface area (Å²) in [6.45, 7) is 1.62. The third-order valence-electron chi connectivity index (χ3n) is 5.38. The molecule has 10 heteroatoms. The second-order valence-corrected chi connectivity index (χ2v) is 8.54.